The normalized spacial score (nSPS) is 11.0. The van der Waals surface area contributed by atoms with Crippen molar-refractivity contribution in [1.29, 1.82) is 5.26 Å². The van der Waals surface area contributed by atoms with Crippen LogP contribution in [0.25, 0.3) is 0 Å². The lowest BCUT2D eigenvalue weighted by molar-refractivity contribution is 0.140. The van der Waals surface area contributed by atoms with Crippen LogP contribution in [0.4, 0.5) is 0 Å². The zero-order valence-electron chi connectivity index (χ0n) is 11.4. The van der Waals surface area contributed by atoms with E-state index in [0.29, 0.717) is 30.3 Å². The molecule has 0 aliphatic carbocycles. The summed E-state index contributed by atoms with van der Waals surface area (Å²) < 4.78 is 5.51. The first-order chi connectivity index (χ1) is 8.54. The maximum absolute atomic E-state index is 8.60. The predicted molar refractivity (Wildman–Crippen MR) is 69.2 cm³/mol. The average Bonchev–Trinajstić information content (AvgIpc) is 2.34. The van der Waals surface area contributed by atoms with E-state index in [0.717, 1.165) is 6.54 Å². The third kappa shape index (κ3) is 4.30. The number of hydrogen-bond donors (Lipinski definition) is 0. The Labute approximate surface area is 108 Å². The summed E-state index contributed by atoms with van der Waals surface area (Å²) in [6.07, 6.45) is 2.89. The second-order valence-electron chi connectivity index (χ2n) is 4.63. The molecule has 0 aromatic carbocycles. The highest BCUT2D eigenvalue weighted by molar-refractivity contribution is 5.18. The smallest absolute Gasteiger partial charge is 0.232 e. The predicted octanol–water partition coefficient (Wildman–Crippen LogP) is 1.85. The Balaban J connectivity index is 2.43. The van der Waals surface area contributed by atoms with Crippen LogP contribution in [-0.4, -0.2) is 40.1 Å². The summed E-state index contributed by atoms with van der Waals surface area (Å²) in [5.41, 5.74) is 0.299. The van der Waals surface area contributed by atoms with E-state index in [1.807, 2.05) is 6.07 Å². The van der Waals surface area contributed by atoms with Gasteiger partial charge in [-0.15, -0.1) is 0 Å². The van der Waals surface area contributed by atoms with Crippen molar-refractivity contribution in [1.82, 2.24) is 14.9 Å². The summed E-state index contributed by atoms with van der Waals surface area (Å²) in [6.45, 7) is 10.1. The van der Waals surface area contributed by atoms with Gasteiger partial charge in [0.05, 0.1) is 12.4 Å². The van der Waals surface area contributed by atoms with Crippen LogP contribution in [-0.2, 0) is 0 Å². The molecule has 0 spiro atoms. The molecule has 0 saturated heterocycles. The molecule has 0 fully saturated rings. The number of aromatic nitrogens is 2. The lowest BCUT2D eigenvalue weighted by atomic mass is 10.2. The summed E-state index contributed by atoms with van der Waals surface area (Å²) in [6, 6.07) is 2.89. The van der Waals surface area contributed by atoms with Crippen LogP contribution in [0, 0.1) is 11.3 Å². The number of nitriles is 1. The van der Waals surface area contributed by atoms with E-state index in [2.05, 4.69) is 42.6 Å². The summed E-state index contributed by atoms with van der Waals surface area (Å²) in [5, 5.41) is 8.60. The van der Waals surface area contributed by atoms with Gasteiger partial charge in [0, 0.05) is 18.6 Å². The Bertz CT molecular complexity index is 386. The molecule has 1 rings (SSSR count). The lowest BCUT2D eigenvalue weighted by Gasteiger charge is -2.30. The highest BCUT2D eigenvalue weighted by Gasteiger charge is 2.12. The van der Waals surface area contributed by atoms with Crippen LogP contribution in [0.3, 0.4) is 0 Å². The molecule has 0 N–H and O–H groups in total. The van der Waals surface area contributed by atoms with E-state index in [9.17, 15) is 0 Å². The quantitative estimate of drug-likeness (QED) is 0.768. The third-order valence-corrected chi connectivity index (χ3v) is 2.67. The molecule has 1 aromatic rings. The van der Waals surface area contributed by atoms with Crippen molar-refractivity contribution in [2.75, 3.05) is 13.2 Å². The standard InChI is InChI=1S/C13H20N4O/c1-10(2)17(11(3)4)5-6-18-13-9-15-12(7-14)8-16-13/h8-11H,5-6H2,1-4H3. The van der Waals surface area contributed by atoms with Gasteiger partial charge < -0.3 is 4.74 Å². The lowest BCUT2D eigenvalue weighted by Crippen LogP contribution is -2.39. The Morgan fingerprint density at radius 1 is 1.22 bits per heavy atom. The van der Waals surface area contributed by atoms with Crippen molar-refractivity contribution in [3.05, 3.63) is 18.1 Å². The minimum absolute atomic E-state index is 0.299. The van der Waals surface area contributed by atoms with Crippen molar-refractivity contribution in [3.63, 3.8) is 0 Å². The van der Waals surface area contributed by atoms with Gasteiger partial charge in [-0.1, -0.05) is 0 Å². The second kappa shape index (κ2) is 6.92. The Morgan fingerprint density at radius 3 is 2.33 bits per heavy atom. The van der Waals surface area contributed by atoms with Gasteiger partial charge in [0.1, 0.15) is 12.7 Å². The van der Waals surface area contributed by atoms with E-state index in [4.69, 9.17) is 10.00 Å². The zero-order valence-corrected chi connectivity index (χ0v) is 11.4. The van der Waals surface area contributed by atoms with Gasteiger partial charge in [0.15, 0.2) is 5.69 Å². The monoisotopic (exact) mass is 248 g/mol. The fraction of sp³-hybridized carbons (Fsp3) is 0.615. The van der Waals surface area contributed by atoms with Crippen LogP contribution in [0.5, 0.6) is 5.88 Å². The molecular formula is C13H20N4O. The molecule has 0 atom stereocenters. The molecule has 0 saturated carbocycles. The van der Waals surface area contributed by atoms with Gasteiger partial charge in [-0.3, -0.25) is 4.90 Å². The van der Waals surface area contributed by atoms with E-state index in [1.54, 1.807) is 0 Å². The first-order valence-corrected chi connectivity index (χ1v) is 6.15. The number of nitrogens with zero attached hydrogens (tertiary/aromatic N) is 4. The maximum Gasteiger partial charge on any atom is 0.232 e. The highest BCUT2D eigenvalue weighted by Crippen LogP contribution is 2.06. The number of rotatable bonds is 6. The molecule has 18 heavy (non-hydrogen) atoms. The molecule has 1 heterocycles. The Morgan fingerprint density at radius 2 is 1.89 bits per heavy atom. The molecule has 5 nitrogen and oxygen atoms in total. The van der Waals surface area contributed by atoms with Crippen molar-refractivity contribution in [2.24, 2.45) is 0 Å². The number of hydrogen-bond acceptors (Lipinski definition) is 5. The molecule has 98 valence electrons. The van der Waals surface area contributed by atoms with Crippen molar-refractivity contribution >= 4 is 0 Å². The Kier molecular flexibility index (Phi) is 5.53. The largest absolute Gasteiger partial charge is 0.475 e. The van der Waals surface area contributed by atoms with Crippen molar-refractivity contribution in [3.8, 4) is 11.9 Å². The van der Waals surface area contributed by atoms with Crippen LogP contribution < -0.4 is 4.74 Å². The van der Waals surface area contributed by atoms with Crippen LogP contribution in [0.15, 0.2) is 12.4 Å². The molecule has 0 bridgehead atoms. The van der Waals surface area contributed by atoms with Gasteiger partial charge in [-0.25, -0.2) is 9.97 Å². The fourth-order valence-corrected chi connectivity index (χ4v) is 1.82. The van der Waals surface area contributed by atoms with Gasteiger partial charge in [-0.2, -0.15) is 5.26 Å². The molecule has 1 aromatic heterocycles. The molecule has 0 radical (unpaired) electrons. The van der Waals surface area contributed by atoms with Gasteiger partial charge in [0.25, 0.3) is 0 Å². The first-order valence-electron chi connectivity index (χ1n) is 6.15. The fourth-order valence-electron chi connectivity index (χ4n) is 1.82. The van der Waals surface area contributed by atoms with E-state index < -0.39 is 0 Å². The summed E-state index contributed by atoms with van der Waals surface area (Å²) in [4.78, 5) is 10.3. The van der Waals surface area contributed by atoms with Gasteiger partial charge in [-0.05, 0) is 27.7 Å². The molecule has 0 aliphatic rings. The third-order valence-electron chi connectivity index (χ3n) is 2.67. The minimum Gasteiger partial charge on any atom is -0.475 e. The molecule has 0 unspecified atom stereocenters. The van der Waals surface area contributed by atoms with Gasteiger partial charge in [0.2, 0.25) is 5.88 Å². The molecule has 5 heteroatoms. The zero-order chi connectivity index (χ0) is 13.5. The summed E-state index contributed by atoms with van der Waals surface area (Å²) >= 11 is 0. The second-order valence-corrected chi connectivity index (χ2v) is 4.63. The maximum atomic E-state index is 8.60. The van der Waals surface area contributed by atoms with Crippen LogP contribution in [0.2, 0.25) is 0 Å². The van der Waals surface area contributed by atoms with E-state index in [-0.39, 0.29) is 0 Å². The van der Waals surface area contributed by atoms with E-state index >= 15 is 0 Å². The average molecular weight is 248 g/mol. The molecular weight excluding hydrogens is 228 g/mol. The SMILES string of the molecule is CC(C)N(CCOc1cnc(C#N)cn1)C(C)C. The first kappa shape index (κ1) is 14.4. The molecule has 0 amide bonds. The molecule has 0 aliphatic heterocycles. The van der Waals surface area contributed by atoms with Crippen molar-refractivity contribution < 1.29 is 4.74 Å². The van der Waals surface area contributed by atoms with Gasteiger partial charge >= 0.3 is 0 Å². The van der Waals surface area contributed by atoms with Crippen molar-refractivity contribution in [2.45, 2.75) is 39.8 Å². The van der Waals surface area contributed by atoms with E-state index in [1.165, 1.54) is 12.4 Å². The summed E-state index contributed by atoms with van der Waals surface area (Å²) in [5.74, 6) is 0.460. The Hall–Kier alpha value is -1.67. The topological polar surface area (TPSA) is 62.0 Å². The van der Waals surface area contributed by atoms with Crippen LogP contribution in [0.1, 0.15) is 33.4 Å². The highest BCUT2D eigenvalue weighted by atomic mass is 16.5. The van der Waals surface area contributed by atoms with Crippen LogP contribution >= 0.6 is 0 Å². The minimum atomic E-state index is 0.299. The number of ether oxygens (including phenoxy) is 1. The summed E-state index contributed by atoms with van der Waals surface area (Å²) in [7, 11) is 0.